The van der Waals surface area contributed by atoms with Crippen molar-refractivity contribution < 1.29 is 0 Å². The highest BCUT2D eigenvalue weighted by Crippen LogP contribution is 2.28. The second-order valence-electron chi connectivity index (χ2n) is 8.10. The Kier molecular flexibility index (Phi) is 5.63. The largest absolute Gasteiger partial charge is 0.348 e. The number of para-hydroxylation sites is 1. The summed E-state index contributed by atoms with van der Waals surface area (Å²) >= 11 is 12.4. The number of benzene rings is 2. The average molecular weight is 470 g/mol. The normalized spacial score (nSPS) is 17.1. The van der Waals surface area contributed by atoms with E-state index in [2.05, 4.69) is 20.0 Å². The Morgan fingerprint density at radius 3 is 2.78 bits per heavy atom. The lowest BCUT2D eigenvalue weighted by Gasteiger charge is -2.31. The maximum Gasteiger partial charge on any atom is 0.348 e. The molecule has 0 aliphatic carbocycles. The zero-order valence-corrected chi connectivity index (χ0v) is 18.7. The SMILES string of the molecule is O=c1ccc2cccc(-n3nc(C4CCCN(Cc5ccc(Cl)cc5Cl)C4)[nH]c3=O)c2[nH]1. The molecule has 1 saturated heterocycles. The van der Waals surface area contributed by atoms with Crippen LogP contribution >= 0.6 is 23.2 Å². The molecule has 1 aliphatic rings. The number of likely N-dealkylation sites (tertiary alicyclic amines) is 1. The predicted octanol–water partition coefficient (Wildman–Crippen LogP) is 4.09. The monoisotopic (exact) mass is 469 g/mol. The molecule has 0 radical (unpaired) electrons. The van der Waals surface area contributed by atoms with Crippen LogP contribution < -0.4 is 11.2 Å². The Bertz CT molecular complexity index is 1410. The van der Waals surface area contributed by atoms with E-state index in [-0.39, 0.29) is 17.2 Å². The lowest BCUT2D eigenvalue weighted by molar-refractivity contribution is 0.196. The lowest BCUT2D eigenvalue weighted by Crippen LogP contribution is -2.34. The molecular weight excluding hydrogens is 449 g/mol. The summed E-state index contributed by atoms with van der Waals surface area (Å²) in [7, 11) is 0. The Balaban J connectivity index is 1.42. The highest BCUT2D eigenvalue weighted by atomic mass is 35.5. The molecule has 1 fully saturated rings. The van der Waals surface area contributed by atoms with Crippen molar-refractivity contribution >= 4 is 34.1 Å². The number of aromatic amines is 2. The Morgan fingerprint density at radius 1 is 1.06 bits per heavy atom. The predicted molar refractivity (Wildman–Crippen MR) is 126 cm³/mol. The smallest absolute Gasteiger partial charge is 0.320 e. The molecule has 164 valence electrons. The first-order valence-corrected chi connectivity index (χ1v) is 11.2. The molecule has 0 spiro atoms. The quantitative estimate of drug-likeness (QED) is 0.471. The molecule has 3 heterocycles. The first-order chi connectivity index (χ1) is 15.5. The lowest BCUT2D eigenvalue weighted by atomic mass is 9.97. The molecule has 0 amide bonds. The maximum atomic E-state index is 12.8. The molecule has 4 aromatic rings. The van der Waals surface area contributed by atoms with Crippen LogP contribution in [0.25, 0.3) is 16.6 Å². The summed E-state index contributed by atoms with van der Waals surface area (Å²) in [6.07, 6.45) is 1.93. The van der Waals surface area contributed by atoms with Crippen LogP contribution in [0.4, 0.5) is 0 Å². The minimum atomic E-state index is -0.324. The van der Waals surface area contributed by atoms with Crippen LogP contribution in [0, 0.1) is 0 Å². The number of pyridine rings is 1. The summed E-state index contributed by atoms with van der Waals surface area (Å²) < 4.78 is 1.34. The summed E-state index contributed by atoms with van der Waals surface area (Å²) in [5, 5.41) is 6.72. The van der Waals surface area contributed by atoms with E-state index in [0.29, 0.717) is 33.6 Å². The number of aromatic nitrogens is 4. The number of rotatable bonds is 4. The third-order valence-electron chi connectivity index (χ3n) is 5.90. The van der Waals surface area contributed by atoms with Gasteiger partial charge >= 0.3 is 5.69 Å². The van der Waals surface area contributed by atoms with E-state index in [1.54, 1.807) is 18.2 Å². The fourth-order valence-corrected chi connectivity index (χ4v) is 4.81. The van der Waals surface area contributed by atoms with Crippen LogP contribution in [0.5, 0.6) is 0 Å². The molecule has 1 unspecified atom stereocenters. The molecule has 0 saturated carbocycles. The van der Waals surface area contributed by atoms with Crippen molar-refractivity contribution in [3.8, 4) is 5.69 Å². The average Bonchev–Trinajstić information content (AvgIpc) is 3.17. The van der Waals surface area contributed by atoms with E-state index in [4.69, 9.17) is 23.2 Å². The van der Waals surface area contributed by atoms with E-state index >= 15 is 0 Å². The third kappa shape index (κ3) is 4.11. The number of nitrogens with zero attached hydrogens (tertiary/aromatic N) is 3. The standard InChI is InChI=1S/C23H21Cl2N5O2/c24-17-8-6-15(18(25)11-17)12-29-10-2-4-16(13-29)22-27-23(32)30(28-22)19-5-1-3-14-7-9-20(31)26-21(14)19/h1,3,5-9,11,16H,2,4,10,12-13H2,(H,26,31)(H,27,28,32). The van der Waals surface area contributed by atoms with Gasteiger partial charge in [-0.1, -0.05) is 41.4 Å². The zero-order chi connectivity index (χ0) is 22.2. The molecule has 0 bridgehead atoms. The van der Waals surface area contributed by atoms with Crippen LogP contribution in [0.3, 0.4) is 0 Å². The summed E-state index contributed by atoms with van der Waals surface area (Å²) in [5.41, 5.74) is 1.61. The minimum Gasteiger partial charge on any atom is -0.320 e. The minimum absolute atomic E-state index is 0.0952. The molecule has 7 nitrogen and oxygen atoms in total. The van der Waals surface area contributed by atoms with Crippen molar-refractivity contribution in [3.63, 3.8) is 0 Å². The second-order valence-corrected chi connectivity index (χ2v) is 8.94. The van der Waals surface area contributed by atoms with Crippen molar-refractivity contribution in [1.29, 1.82) is 0 Å². The van der Waals surface area contributed by atoms with E-state index < -0.39 is 0 Å². The van der Waals surface area contributed by atoms with E-state index in [0.717, 1.165) is 36.9 Å². The number of H-pyrrole nitrogens is 2. The van der Waals surface area contributed by atoms with Crippen LogP contribution in [0.15, 0.2) is 58.1 Å². The van der Waals surface area contributed by atoms with Gasteiger partial charge in [-0.2, -0.15) is 4.68 Å². The Morgan fingerprint density at radius 2 is 1.94 bits per heavy atom. The molecule has 2 aromatic carbocycles. The van der Waals surface area contributed by atoms with Crippen molar-refractivity contribution in [2.75, 3.05) is 13.1 Å². The summed E-state index contributed by atoms with van der Waals surface area (Å²) in [6.45, 7) is 2.42. The number of hydrogen-bond donors (Lipinski definition) is 2. The molecule has 2 N–H and O–H groups in total. The summed E-state index contributed by atoms with van der Waals surface area (Å²) in [6, 6.07) is 14.3. The molecule has 9 heteroatoms. The van der Waals surface area contributed by atoms with Crippen molar-refractivity contribution in [2.24, 2.45) is 0 Å². The topological polar surface area (TPSA) is 86.8 Å². The van der Waals surface area contributed by atoms with E-state index in [1.165, 1.54) is 10.7 Å². The second kappa shape index (κ2) is 8.58. The van der Waals surface area contributed by atoms with Gasteiger partial charge in [0.05, 0.1) is 11.2 Å². The Hall–Kier alpha value is -2.87. The van der Waals surface area contributed by atoms with Gasteiger partial charge in [0, 0.05) is 40.5 Å². The van der Waals surface area contributed by atoms with E-state index in [9.17, 15) is 9.59 Å². The van der Waals surface area contributed by atoms with Gasteiger partial charge in [0.2, 0.25) is 5.56 Å². The van der Waals surface area contributed by atoms with Gasteiger partial charge in [0.1, 0.15) is 5.82 Å². The summed E-state index contributed by atoms with van der Waals surface area (Å²) in [5.74, 6) is 0.745. The maximum absolute atomic E-state index is 12.8. The zero-order valence-electron chi connectivity index (χ0n) is 17.1. The number of halogens is 2. The highest BCUT2D eigenvalue weighted by Gasteiger charge is 2.25. The fourth-order valence-electron chi connectivity index (χ4n) is 4.34. The first kappa shape index (κ1) is 21.0. The molecular formula is C23H21Cl2N5O2. The van der Waals surface area contributed by atoms with Gasteiger partial charge in [-0.05, 0) is 49.2 Å². The van der Waals surface area contributed by atoms with Gasteiger partial charge in [-0.3, -0.25) is 14.7 Å². The van der Waals surface area contributed by atoms with Gasteiger partial charge in [-0.15, -0.1) is 5.10 Å². The number of fused-ring (bicyclic) bond motifs is 1. The molecule has 32 heavy (non-hydrogen) atoms. The van der Waals surface area contributed by atoms with Crippen molar-refractivity contribution in [3.05, 3.63) is 90.8 Å². The number of hydrogen-bond acceptors (Lipinski definition) is 4. The number of nitrogens with one attached hydrogen (secondary N) is 2. The first-order valence-electron chi connectivity index (χ1n) is 10.5. The van der Waals surface area contributed by atoms with Crippen LogP contribution in [-0.4, -0.2) is 37.7 Å². The van der Waals surface area contributed by atoms with Gasteiger partial charge in [-0.25, -0.2) is 4.79 Å². The number of piperidine rings is 1. The van der Waals surface area contributed by atoms with Crippen molar-refractivity contribution in [1.82, 2.24) is 24.6 Å². The Labute approximate surface area is 193 Å². The van der Waals surface area contributed by atoms with Gasteiger partial charge in [0.25, 0.3) is 0 Å². The van der Waals surface area contributed by atoms with Crippen molar-refractivity contribution in [2.45, 2.75) is 25.3 Å². The molecule has 1 aliphatic heterocycles. The summed E-state index contributed by atoms with van der Waals surface area (Å²) in [4.78, 5) is 32.7. The van der Waals surface area contributed by atoms with E-state index in [1.807, 2.05) is 24.3 Å². The fraction of sp³-hybridized carbons (Fsp3) is 0.261. The molecule has 5 rings (SSSR count). The van der Waals surface area contributed by atoms with Crippen LogP contribution in [-0.2, 0) is 6.54 Å². The molecule has 1 atom stereocenters. The third-order valence-corrected chi connectivity index (χ3v) is 6.49. The molecule has 2 aromatic heterocycles. The van der Waals surface area contributed by atoms with Crippen LogP contribution in [0.2, 0.25) is 10.0 Å². The van der Waals surface area contributed by atoms with Crippen LogP contribution in [0.1, 0.15) is 30.1 Å². The van der Waals surface area contributed by atoms with Gasteiger partial charge < -0.3 is 4.98 Å². The van der Waals surface area contributed by atoms with Gasteiger partial charge in [0.15, 0.2) is 0 Å². The highest BCUT2D eigenvalue weighted by molar-refractivity contribution is 6.35.